The number of aromatic amines is 2. The van der Waals surface area contributed by atoms with Crippen molar-refractivity contribution in [1.82, 2.24) is 20.3 Å². The van der Waals surface area contributed by atoms with Gasteiger partial charge in [0.05, 0.1) is 11.6 Å². The van der Waals surface area contributed by atoms with Gasteiger partial charge in [0.15, 0.2) is 0 Å². The lowest BCUT2D eigenvalue weighted by Crippen LogP contribution is -2.27. The van der Waals surface area contributed by atoms with E-state index in [1.54, 1.807) is 31.2 Å². The Morgan fingerprint density at radius 2 is 1.90 bits per heavy atom. The summed E-state index contributed by atoms with van der Waals surface area (Å²) in [6.45, 7) is 4.00. The number of aromatic hydroxyl groups is 1. The number of amides is 1. The van der Waals surface area contributed by atoms with Crippen LogP contribution < -0.4 is 15.7 Å². The van der Waals surface area contributed by atoms with E-state index >= 15 is 0 Å². The Morgan fingerprint density at radius 3 is 2.61 bits per heavy atom. The number of carbonyl (C=O) groups excluding carboxylic acids is 1. The third-order valence-corrected chi connectivity index (χ3v) is 4.96. The Balaban J connectivity index is 1.42. The van der Waals surface area contributed by atoms with Gasteiger partial charge in [-0.15, -0.1) is 0 Å². The molecule has 0 radical (unpaired) electrons. The van der Waals surface area contributed by atoms with E-state index in [-0.39, 0.29) is 17.5 Å². The van der Waals surface area contributed by atoms with Gasteiger partial charge in [-0.05, 0) is 50.2 Å². The smallest absolute Gasteiger partial charge is 0.326 e. The maximum atomic E-state index is 12.5. The van der Waals surface area contributed by atoms with Gasteiger partial charge in [-0.3, -0.25) is 14.8 Å². The maximum absolute atomic E-state index is 12.5. The number of nitrogens with zero attached hydrogens (tertiary/aromatic N) is 1. The van der Waals surface area contributed by atoms with Crippen LogP contribution in [0.25, 0.3) is 10.9 Å². The minimum absolute atomic E-state index is 0.221. The number of hydrogen-bond acceptors (Lipinski definition) is 5. The Morgan fingerprint density at radius 1 is 1.16 bits per heavy atom. The number of hydrogen-bond donors (Lipinski definition) is 4. The molecule has 31 heavy (non-hydrogen) atoms. The number of nitrogens with one attached hydrogen (secondary N) is 3. The number of fused-ring (bicyclic) bond motifs is 1. The van der Waals surface area contributed by atoms with Crippen LogP contribution in [0.2, 0.25) is 0 Å². The first-order valence-electron chi connectivity index (χ1n) is 9.81. The minimum Gasteiger partial charge on any atom is -0.493 e. The Bertz CT molecular complexity index is 1290. The average Bonchev–Trinajstić information content (AvgIpc) is 3.10. The van der Waals surface area contributed by atoms with E-state index in [0.29, 0.717) is 17.9 Å². The van der Waals surface area contributed by atoms with Crippen molar-refractivity contribution in [1.29, 1.82) is 0 Å². The van der Waals surface area contributed by atoms with Gasteiger partial charge >= 0.3 is 5.69 Å². The average molecular weight is 418 g/mol. The van der Waals surface area contributed by atoms with Crippen molar-refractivity contribution < 1.29 is 14.6 Å². The summed E-state index contributed by atoms with van der Waals surface area (Å²) in [6.07, 6.45) is 0. The second-order valence-electron chi connectivity index (χ2n) is 7.29. The van der Waals surface area contributed by atoms with Crippen LogP contribution in [0.4, 0.5) is 0 Å². The van der Waals surface area contributed by atoms with Crippen molar-refractivity contribution in [3.63, 3.8) is 0 Å². The van der Waals surface area contributed by atoms with Crippen LogP contribution in [0.5, 0.6) is 11.6 Å². The number of para-hydroxylation sites is 1. The number of pyridine rings is 1. The topological polar surface area (TPSA) is 120 Å². The molecule has 158 valence electrons. The molecule has 4 N–H and O–H groups in total. The van der Waals surface area contributed by atoms with Crippen LogP contribution in [0.3, 0.4) is 0 Å². The molecule has 1 amide bonds. The Hall–Kier alpha value is -4.07. The van der Waals surface area contributed by atoms with Crippen molar-refractivity contribution in [3.8, 4) is 11.6 Å². The van der Waals surface area contributed by atoms with E-state index in [0.717, 1.165) is 22.2 Å². The number of benzene rings is 2. The molecule has 2 heterocycles. The molecule has 0 saturated heterocycles. The molecular formula is C23H22N4O4. The molecule has 2 aromatic heterocycles. The summed E-state index contributed by atoms with van der Waals surface area (Å²) >= 11 is 0. The van der Waals surface area contributed by atoms with E-state index in [2.05, 4.69) is 20.3 Å². The largest absolute Gasteiger partial charge is 0.493 e. The minimum atomic E-state index is -0.578. The fraction of sp³-hybridized carbons (Fsp3) is 0.174. The highest BCUT2D eigenvalue weighted by molar-refractivity contribution is 5.94. The number of rotatable bonds is 6. The van der Waals surface area contributed by atoms with Crippen molar-refractivity contribution >= 4 is 16.8 Å². The molecule has 4 rings (SSSR count). The third kappa shape index (κ3) is 4.42. The molecular weight excluding hydrogens is 396 g/mol. The zero-order valence-corrected chi connectivity index (χ0v) is 17.1. The second-order valence-corrected chi connectivity index (χ2v) is 7.29. The zero-order chi connectivity index (χ0) is 22.0. The maximum Gasteiger partial charge on any atom is 0.326 e. The summed E-state index contributed by atoms with van der Waals surface area (Å²) in [5.74, 6) is 0.00688. The number of aryl methyl sites for hydroxylation is 1. The van der Waals surface area contributed by atoms with Crippen LogP contribution >= 0.6 is 0 Å². The van der Waals surface area contributed by atoms with Gasteiger partial charge in [0, 0.05) is 22.2 Å². The van der Waals surface area contributed by atoms with Crippen molar-refractivity contribution in [2.24, 2.45) is 0 Å². The molecule has 0 fully saturated rings. The molecule has 1 atom stereocenters. The molecule has 8 heteroatoms. The van der Waals surface area contributed by atoms with Crippen molar-refractivity contribution in [2.45, 2.75) is 26.5 Å². The molecule has 0 aliphatic rings. The molecule has 0 aliphatic heterocycles. The second kappa shape index (κ2) is 8.35. The first-order chi connectivity index (χ1) is 14.9. The van der Waals surface area contributed by atoms with Crippen molar-refractivity contribution in [3.05, 3.63) is 87.6 Å². The Kier molecular flexibility index (Phi) is 5.44. The standard InChI is InChI=1S/C23H22N4O4/c1-13-11-16(18-5-3-4-6-19(18)24-13)12-31-17-9-7-15(8-10-17)21(28)25-14(2)20-22(29)27-23(30)26-20/h3-11,14,29H,12H2,1-2H3,(H,25,28)(H2,26,27,30). The highest BCUT2D eigenvalue weighted by atomic mass is 16.5. The number of H-pyrrole nitrogens is 2. The summed E-state index contributed by atoms with van der Waals surface area (Å²) < 4.78 is 5.92. The lowest BCUT2D eigenvalue weighted by atomic mass is 10.1. The normalized spacial score (nSPS) is 11.9. The van der Waals surface area contributed by atoms with E-state index in [9.17, 15) is 14.7 Å². The van der Waals surface area contributed by atoms with Crippen molar-refractivity contribution in [2.75, 3.05) is 0 Å². The molecule has 0 saturated carbocycles. The highest BCUT2D eigenvalue weighted by Crippen LogP contribution is 2.22. The predicted octanol–water partition coefficient (Wildman–Crippen LogP) is 3.34. The highest BCUT2D eigenvalue weighted by Gasteiger charge is 2.17. The van der Waals surface area contributed by atoms with Gasteiger partial charge in [0.1, 0.15) is 18.1 Å². The molecule has 0 bridgehead atoms. The molecule has 1 unspecified atom stereocenters. The van der Waals surface area contributed by atoms with Crippen LogP contribution in [-0.4, -0.2) is 26.0 Å². The van der Waals surface area contributed by atoms with Crippen LogP contribution in [-0.2, 0) is 6.61 Å². The molecule has 0 spiro atoms. The van der Waals surface area contributed by atoms with E-state index < -0.39 is 11.7 Å². The van der Waals surface area contributed by atoms with E-state index in [1.165, 1.54) is 0 Å². The van der Waals surface area contributed by atoms with Crippen LogP contribution in [0.1, 0.15) is 40.3 Å². The summed E-state index contributed by atoms with van der Waals surface area (Å²) in [5, 5.41) is 13.5. The summed E-state index contributed by atoms with van der Waals surface area (Å²) in [6, 6.07) is 16.1. The fourth-order valence-electron chi connectivity index (χ4n) is 3.43. The number of carbonyl (C=O) groups is 1. The first kappa shape index (κ1) is 20.2. The molecule has 0 aliphatic carbocycles. The molecule has 8 nitrogen and oxygen atoms in total. The van der Waals surface area contributed by atoms with E-state index in [1.807, 2.05) is 37.3 Å². The van der Waals surface area contributed by atoms with Gasteiger partial charge < -0.3 is 20.1 Å². The lowest BCUT2D eigenvalue weighted by Gasteiger charge is -2.13. The fourth-order valence-corrected chi connectivity index (χ4v) is 3.43. The Labute approximate surface area is 177 Å². The van der Waals surface area contributed by atoms with Gasteiger partial charge in [0.25, 0.3) is 5.91 Å². The van der Waals surface area contributed by atoms with Crippen LogP contribution in [0.15, 0.2) is 59.4 Å². The SMILES string of the molecule is Cc1cc(COc2ccc(C(=O)NC(C)c3[nH]c(=O)[nH]c3O)cc2)c2ccccc2n1. The summed E-state index contributed by atoms with van der Waals surface area (Å²) in [5.41, 5.74) is 3.01. The third-order valence-electron chi connectivity index (χ3n) is 4.96. The molecule has 4 aromatic rings. The quantitative estimate of drug-likeness (QED) is 0.383. The first-order valence-corrected chi connectivity index (χ1v) is 9.81. The molecule has 2 aromatic carbocycles. The monoisotopic (exact) mass is 418 g/mol. The van der Waals surface area contributed by atoms with Crippen LogP contribution in [0, 0.1) is 6.92 Å². The summed E-state index contributed by atoms with van der Waals surface area (Å²) in [7, 11) is 0. The van der Waals surface area contributed by atoms with Gasteiger partial charge in [-0.2, -0.15) is 0 Å². The van der Waals surface area contributed by atoms with E-state index in [4.69, 9.17) is 4.74 Å². The number of aromatic nitrogens is 3. The van der Waals surface area contributed by atoms with Gasteiger partial charge in [-0.1, -0.05) is 18.2 Å². The van der Waals surface area contributed by atoms with Gasteiger partial charge in [0.2, 0.25) is 5.88 Å². The number of ether oxygens (including phenoxy) is 1. The van der Waals surface area contributed by atoms with Gasteiger partial charge in [-0.25, -0.2) is 4.79 Å². The number of imidazole rings is 1. The zero-order valence-electron chi connectivity index (χ0n) is 17.1. The predicted molar refractivity (Wildman–Crippen MR) is 116 cm³/mol. The summed E-state index contributed by atoms with van der Waals surface area (Å²) in [4.78, 5) is 33.0. The lowest BCUT2D eigenvalue weighted by molar-refractivity contribution is 0.0939.